The standard InChI is InChI=1S/C13H26N2/c1-3-12-11-14-8-5-13(12)6-9-15(4-2)10-7-13/h12,14H,3-11H2,1-2H3. The van der Waals surface area contributed by atoms with Crippen molar-refractivity contribution in [3.05, 3.63) is 0 Å². The Morgan fingerprint density at radius 1 is 1.20 bits per heavy atom. The minimum atomic E-state index is 0.700. The topological polar surface area (TPSA) is 15.3 Å². The Morgan fingerprint density at radius 3 is 2.53 bits per heavy atom. The maximum atomic E-state index is 3.57. The summed E-state index contributed by atoms with van der Waals surface area (Å²) in [5, 5.41) is 3.57. The molecule has 2 rings (SSSR count). The van der Waals surface area contributed by atoms with Crippen LogP contribution in [0.3, 0.4) is 0 Å². The summed E-state index contributed by atoms with van der Waals surface area (Å²) >= 11 is 0. The molecule has 2 nitrogen and oxygen atoms in total. The molecule has 0 saturated carbocycles. The molecule has 2 aliphatic rings. The van der Waals surface area contributed by atoms with Crippen LogP contribution < -0.4 is 5.32 Å². The Balaban J connectivity index is 1.99. The molecule has 1 spiro atoms. The van der Waals surface area contributed by atoms with Gasteiger partial charge < -0.3 is 10.2 Å². The second kappa shape index (κ2) is 4.84. The van der Waals surface area contributed by atoms with Crippen LogP contribution in [-0.4, -0.2) is 37.6 Å². The van der Waals surface area contributed by atoms with Crippen LogP contribution in [0, 0.1) is 11.3 Å². The molecule has 15 heavy (non-hydrogen) atoms. The van der Waals surface area contributed by atoms with Crippen LogP contribution in [0.2, 0.25) is 0 Å². The van der Waals surface area contributed by atoms with Gasteiger partial charge in [0.2, 0.25) is 0 Å². The molecular formula is C13H26N2. The number of nitrogens with zero attached hydrogens (tertiary/aromatic N) is 1. The van der Waals surface area contributed by atoms with E-state index in [1.807, 2.05) is 0 Å². The lowest BCUT2D eigenvalue weighted by Crippen LogP contribution is -2.50. The molecule has 2 heterocycles. The normalized spacial score (nSPS) is 32.0. The first-order chi connectivity index (χ1) is 7.30. The Labute approximate surface area is 94.4 Å². The second-order valence-corrected chi connectivity index (χ2v) is 5.36. The lowest BCUT2D eigenvalue weighted by atomic mass is 9.64. The third-order valence-electron chi connectivity index (χ3n) is 4.85. The quantitative estimate of drug-likeness (QED) is 0.751. The van der Waals surface area contributed by atoms with Gasteiger partial charge in [0.15, 0.2) is 0 Å². The summed E-state index contributed by atoms with van der Waals surface area (Å²) in [6.45, 7) is 11.1. The van der Waals surface area contributed by atoms with E-state index >= 15 is 0 Å². The van der Waals surface area contributed by atoms with Crippen molar-refractivity contribution in [2.45, 2.75) is 39.5 Å². The first-order valence-electron chi connectivity index (χ1n) is 6.74. The number of rotatable bonds is 2. The highest BCUT2D eigenvalue weighted by molar-refractivity contribution is 4.94. The smallest absolute Gasteiger partial charge is 0.00134 e. The lowest BCUT2D eigenvalue weighted by Gasteiger charge is -2.49. The molecule has 0 aromatic heterocycles. The van der Waals surface area contributed by atoms with Gasteiger partial charge >= 0.3 is 0 Å². The Hall–Kier alpha value is -0.0800. The van der Waals surface area contributed by atoms with Gasteiger partial charge in [-0.2, -0.15) is 0 Å². The van der Waals surface area contributed by atoms with E-state index in [1.54, 1.807) is 0 Å². The predicted molar refractivity (Wildman–Crippen MR) is 65.0 cm³/mol. The van der Waals surface area contributed by atoms with Gasteiger partial charge in [-0.15, -0.1) is 0 Å². The summed E-state index contributed by atoms with van der Waals surface area (Å²) in [5.74, 6) is 0.935. The van der Waals surface area contributed by atoms with Crippen molar-refractivity contribution < 1.29 is 0 Å². The summed E-state index contributed by atoms with van der Waals surface area (Å²) in [4.78, 5) is 2.61. The molecule has 0 aromatic rings. The molecule has 2 heteroatoms. The second-order valence-electron chi connectivity index (χ2n) is 5.36. The number of nitrogens with one attached hydrogen (secondary N) is 1. The summed E-state index contributed by atoms with van der Waals surface area (Å²) in [7, 11) is 0. The monoisotopic (exact) mass is 210 g/mol. The van der Waals surface area contributed by atoms with E-state index in [9.17, 15) is 0 Å². The minimum absolute atomic E-state index is 0.700. The van der Waals surface area contributed by atoms with E-state index < -0.39 is 0 Å². The Morgan fingerprint density at radius 2 is 1.93 bits per heavy atom. The van der Waals surface area contributed by atoms with Crippen molar-refractivity contribution in [1.82, 2.24) is 10.2 Å². The van der Waals surface area contributed by atoms with Crippen molar-refractivity contribution in [3.8, 4) is 0 Å². The summed E-state index contributed by atoms with van der Waals surface area (Å²) in [6.07, 6.45) is 5.67. The van der Waals surface area contributed by atoms with Crippen molar-refractivity contribution in [3.63, 3.8) is 0 Å². The van der Waals surface area contributed by atoms with Crippen LogP contribution in [0.4, 0.5) is 0 Å². The predicted octanol–water partition coefficient (Wildman–Crippen LogP) is 2.11. The van der Waals surface area contributed by atoms with E-state index in [2.05, 4.69) is 24.1 Å². The van der Waals surface area contributed by atoms with Gasteiger partial charge in [-0.05, 0) is 63.3 Å². The average Bonchev–Trinajstić information content (AvgIpc) is 2.31. The van der Waals surface area contributed by atoms with Crippen LogP contribution in [0.5, 0.6) is 0 Å². The van der Waals surface area contributed by atoms with Gasteiger partial charge in [0.05, 0.1) is 0 Å². The number of piperidine rings is 2. The third kappa shape index (κ3) is 2.21. The van der Waals surface area contributed by atoms with Gasteiger partial charge in [-0.25, -0.2) is 0 Å². The summed E-state index contributed by atoms with van der Waals surface area (Å²) < 4.78 is 0. The molecule has 1 atom stereocenters. The molecule has 0 radical (unpaired) electrons. The Bertz CT molecular complexity index is 195. The van der Waals surface area contributed by atoms with Crippen LogP contribution >= 0.6 is 0 Å². The molecule has 1 N–H and O–H groups in total. The zero-order valence-corrected chi connectivity index (χ0v) is 10.4. The molecule has 2 aliphatic heterocycles. The van der Waals surface area contributed by atoms with Gasteiger partial charge in [0.1, 0.15) is 0 Å². The number of hydrogen-bond acceptors (Lipinski definition) is 2. The maximum absolute atomic E-state index is 3.57. The van der Waals surface area contributed by atoms with Crippen LogP contribution in [-0.2, 0) is 0 Å². The zero-order valence-electron chi connectivity index (χ0n) is 10.4. The largest absolute Gasteiger partial charge is 0.316 e. The maximum Gasteiger partial charge on any atom is -0.00134 e. The van der Waals surface area contributed by atoms with Gasteiger partial charge in [-0.1, -0.05) is 20.3 Å². The van der Waals surface area contributed by atoms with Crippen LogP contribution in [0.1, 0.15) is 39.5 Å². The average molecular weight is 210 g/mol. The molecule has 88 valence electrons. The first-order valence-corrected chi connectivity index (χ1v) is 6.74. The molecule has 0 bridgehead atoms. The highest BCUT2D eigenvalue weighted by atomic mass is 15.1. The number of hydrogen-bond donors (Lipinski definition) is 1. The van der Waals surface area contributed by atoms with E-state index in [-0.39, 0.29) is 0 Å². The van der Waals surface area contributed by atoms with Crippen LogP contribution in [0.25, 0.3) is 0 Å². The molecular weight excluding hydrogens is 184 g/mol. The van der Waals surface area contributed by atoms with Crippen molar-refractivity contribution in [2.75, 3.05) is 32.7 Å². The SMILES string of the molecule is CCC1CNCCC12CCN(CC)CC2. The van der Waals surface area contributed by atoms with Crippen molar-refractivity contribution in [1.29, 1.82) is 0 Å². The van der Waals surface area contributed by atoms with Gasteiger partial charge in [0.25, 0.3) is 0 Å². The van der Waals surface area contributed by atoms with Crippen molar-refractivity contribution in [2.24, 2.45) is 11.3 Å². The lowest BCUT2D eigenvalue weighted by molar-refractivity contribution is 0.0222. The van der Waals surface area contributed by atoms with Gasteiger partial charge in [0, 0.05) is 0 Å². The van der Waals surface area contributed by atoms with E-state index in [0.717, 1.165) is 5.92 Å². The van der Waals surface area contributed by atoms with E-state index in [0.29, 0.717) is 5.41 Å². The fraction of sp³-hybridized carbons (Fsp3) is 1.00. The van der Waals surface area contributed by atoms with Crippen molar-refractivity contribution >= 4 is 0 Å². The highest BCUT2D eigenvalue weighted by Gasteiger charge is 2.41. The fourth-order valence-electron chi connectivity index (χ4n) is 3.58. The van der Waals surface area contributed by atoms with E-state index in [4.69, 9.17) is 0 Å². The molecule has 2 fully saturated rings. The summed E-state index contributed by atoms with van der Waals surface area (Å²) in [6, 6.07) is 0. The molecule has 2 saturated heterocycles. The molecule has 1 unspecified atom stereocenters. The molecule has 0 aliphatic carbocycles. The van der Waals surface area contributed by atoms with Gasteiger partial charge in [-0.3, -0.25) is 0 Å². The minimum Gasteiger partial charge on any atom is -0.316 e. The number of likely N-dealkylation sites (tertiary alicyclic amines) is 1. The van der Waals surface area contributed by atoms with E-state index in [1.165, 1.54) is 58.4 Å². The third-order valence-corrected chi connectivity index (χ3v) is 4.85. The zero-order chi connectivity index (χ0) is 10.7. The van der Waals surface area contributed by atoms with Crippen LogP contribution in [0.15, 0.2) is 0 Å². The fourth-order valence-corrected chi connectivity index (χ4v) is 3.58. The first kappa shape index (κ1) is 11.4. The molecule has 0 amide bonds. The molecule has 0 aromatic carbocycles. The summed E-state index contributed by atoms with van der Waals surface area (Å²) in [5.41, 5.74) is 0.700. The Kier molecular flexibility index (Phi) is 3.68. The highest BCUT2D eigenvalue weighted by Crippen LogP contribution is 2.44.